The molecule has 2 N–H and O–H groups in total. The van der Waals surface area contributed by atoms with Crippen molar-refractivity contribution in [3.8, 4) is 0 Å². The highest BCUT2D eigenvalue weighted by Crippen LogP contribution is 2.31. The molecule has 4 heteroatoms. The second-order valence-corrected chi connectivity index (χ2v) is 7.65. The molecule has 4 nitrogen and oxygen atoms in total. The van der Waals surface area contributed by atoms with Gasteiger partial charge in [-0.1, -0.05) is 36.4 Å². The normalized spacial score (nSPS) is 16.1. The van der Waals surface area contributed by atoms with Crippen LogP contribution in [0.4, 0.5) is 0 Å². The summed E-state index contributed by atoms with van der Waals surface area (Å²) in [5.74, 6) is 0.483. The summed E-state index contributed by atoms with van der Waals surface area (Å²) < 4.78 is 0. The minimum Gasteiger partial charge on any atom is -0.326 e. The second kappa shape index (κ2) is 9.09. The Morgan fingerprint density at radius 3 is 2.50 bits per heavy atom. The Labute approximate surface area is 167 Å². The lowest BCUT2D eigenvalue weighted by Crippen LogP contribution is -2.30. The van der Waals surface area contributed by atoms with E-state index in [0.29, 0.717) is 12.5 Å². The Hall–Kier alpha value is -2.56. The molecule has 1 unspecified atom stereocenters. The molecule has 144 valence electrons. The maximum absolute atomic E-state index is 5.75. The highest BCUT2D eigenvalue weighted by molar-refractivity contribution is 5.27. The zero-order valence-electron chi connectivity index (χ0n) is 16.3. The predicted octanol–water partition coefficient (Wildman–Crippen LogP) is 4.06. The van der Waals surface area contributed by atoms with Crippen LogP contribution in [0.3, 0.4) is 0 Å². The van der Waals surface area contributed by atoms with Gasteiger partial charge in [-0.25, -0.2) is 0 Å². The van der Waals surface area contributed by atoms with Crippen molar-refractivity contribution in [2.24, 2.45) is 5.73 Å². The van der Waals surface area contributed by atoms with E-state index in [9.17, 15) is 0 Å². The summed E-state index contributed by atoms with van der Waals surface area (Å²) in [7, 11) is 0. The highest BCUT2D eigenvalue weighted by Gasteiger charge is 2.24. The van der Waals surface area contributed by atoms with Gasteiger partial charge < -0.3 is 5.73 Å². The average Bonchev–Trinajstić information content (AvgIpc) is 2.75. The smallest absolute Gasteiger partial charge is 0.0544 e. The highest BCUT2D eigenvalue weighted by atomic mass is 15.1. The lowest BCUT2D eigenvalue weighted by atomic mass is 9.86. The van der Waals surface area contributed by atoms with Gasteiger partial charge in [-0.3, -0.25) is 14.9 Å². The maximum atomic E-state index is 5.75. The molecule has 2 heterocycles. The van der Waals surface area contributed by atoms with Gasteiger partial charge in [-0.15, -0.1) is 0 Å². The number of fused-ring (bicyclic) bond motifs is 1. The molecule has 28 heavy (non-hydrogen) atoms. The van der Waals surface area contributed by atoms with Gasteiger partial charge in [-0.2, -0.15) is 0 Å². The SMILES string of the molecule is NCc1ccc(CN(Cc2ccccn2)CC2CCCc3cccnc32)cc1. The van der Waals surface area contributed by atoms with E-state index in [4.69, 9.17) is 10.7 Å². The predicted molar refractivity (Wildman–Crippen MR) is 113 cm³/mol. The first-order valence-electron chi connectivity index (χ1n) is 10.2. The second-order valence-electron chi connectivity index (χ2n) is 7.65. The standard InChI is InChI=1S/C24H28N4/c25-15-19-9-11-20(12-10-19)16-28(18-23-8-1-2-13-26-23)17-22-6-3-5-21-7-4-14-27-24(21)22/h1-2,4,7-14,22H,3,5-6,15-18,25H2. The zero-order valence-corrected chi connectivity index (χ0v) is 16.3. The average molecular weight is 373 g/mol. The monoisotopic (exact) mass is 372 g/mol. The van der Waals surface area contributed by atoms with Gasteiger partial charge in [0, 0.05) is 50.2 Å². The van der Waals surface area contributed by atoms with E-state index in [1.54, 1.807) is 0 Å². The summed E-state index contributed by atoms with van der Waals surface area (Å²) in [5, 5.41) is 0. The molecule has 4 rings (SSSR count). The Kier molecular flexibility index (Phi) is 6.10. The molecule has 1 atom stereocenters. The molecule has 3 aromatic rings. The largest absolute Gasteiger partial charge is 0.326 e. The molecule has 0 aliphatic heterocycles. The number of nitrogens with zero attached hydrogens (tertiary/aromatic N) is 3. The van der Waals surface area contributed by atoms with Crippen LogP contribution in [0, 0.1) is 0 Å². The summed E-state index contributed by atoms with van der Waals surface area (Å²) >= 11 is 0. The Morgan fingerprint density at radius 2 is 1.71 bits per heavy atom. The zero-order chi connectivity index (χ0) is 19.2. The molecule has 0 fully saturated rings. The molecule has 2 aromatic heterocycles. The summed E-state index contributed by atoms with van der Waals surface area (Å²) in [5.41, 5.74) is 12.0. The number of aryl methyl sites for hydroxylation is 1. The van der Waals surface area contributed by atoms with Crippen LogP contribution in [-0.4, -0.2) is 21.4 Å². The van der Waals surface area contributed by atoms with Crippen molar-refractivity contribution < 1.29 is 0 Å². The minimum atomic E-state index is 0.483. The van der Waals surface area contributed by atoms with E-state index in [0.717, 1.165) is 31.7 Å². The van der Waals surface area contributed by atoms with Crippen LogP contribution in [0.25, 0.3) is 0 Å². The molecule has 0 saturated carbocycles. The van der Waals surface area contributed by atoms with Crippen molar-refractivity contribution in [1.29, 1.82) is 0 Å². The van der Waals surface area contributed by atoms with Crippen molar-refractivity contribution in [3.05, 3.63) is 95.1 Å². The van der Waals surface area contributed by atoms with Gasteiger partial charge in [0.1, 0.15) is 0 Å². The van der Waals surface area contributed by atoms with Crippen LogP contribution in [0.2, 0.25) is 0 Å². The lowest BCUT2D eigenvalue weighted by Gasteiger charge is -2.30. The fourth-order valence-electron chi connectivity index (χ4n) is 4.14. The molecule has 0 saturated heterocycles. The fourth-order valence-corrected chi connectivity index (χ4v) is 4.14. The van der Waals surface area contributed by atoms with Crippen molar-refractivity contribution >= 4 is 0 Å². The number of hydrogen-bond donors (Lipinski definition) is 1. The van der Waals surface area contributed by atoms with Gasteiger partial charge in [0.25, 0.3) is 0 Å². The molecule has 0 spiro atoms. The van der Waals surface area contributed by atoms with Crippen LogP contribution in [0.5, 0.6) is 0 Å². The maximum Gasteiger partial charge on any atom is 0.0544 e. The number of hydrogen-bond acceptors (Lipinski definition) is 4. The third-order valence-corrected chi connectivity index (χ3v) is 5.57. The topological polar surface area (TPSA) is 55.0 Å². The first-order valence-corrected chi connectivity index (χ1v) is 10.2. The third-order valence-electron chi connectivity index (χ3n) is 5.57. The first-order chi connectivity index (χ1) is 13.8. The van der Waals surface area contributed by atoms with E-state index in [2.05, 4.69) is 58.4 Å². The van der Waals surface area contributed by atoms with Crippen LogP contribution in [0.1, 0.15) is 46.8 Å². The fraction of sp³-hybridized carbons (Fsp3) is 0.333. The van der Waals surface area contributed by atoms with Crippen molar-refractivity contribution in [2.45, 2.75) is 44.8 Å². The van der Waals surface area contributed by atoms with Gasteiger partial charge in [0.2, 0.25) is 0 Å². The van der Waals surface area contributed by atoms with E-state index >= 15 is 0 Å². The van der Waals surface area contributed by atoms with Crippen molar-refractivity contribution in [3.63, 3.8) is 0 Å². The van der Waals surface area contributed by atoms with Gasteiger partial charge in [0.15, 0.2) is 0 Å². The number of pyridine rings is 2. The quantitative estimate of drug-likeness (QED) is 0.680. The molecule has 0 amide bonds. The molecular formula is C24H28N4. The molecule has 1 aliphatic rings. The van der Waals surface area contributed by atoms with Crippen LogP contribution >= 0.6 is 0 Å². The van der Waals surface area contributed by atoms with Gasteiger partial charge >= 0.3 is 0 Å². The first kappa shape index (κ1) is 18.8. The van der Waals surface area contributed by atoms with Crippen molar-refractivity contribution in [1.82, 2.24) is 14.9 Å². The number of aromatic nitrogens is 2. The summed E-state index contributed by atoms with van der Waals surface area (Å²) in [6.07, 6.45) is 7.41. The van der Waals surface area contributed by atoms with E-state index < -0.39 is 0 Å². The Morgan fingerprint density at radius 1 is 0.893 bits per heavy atom. The van der Waals surface area contributed by atoms with Gasteiger partial charge in [0.05, 0.1) is 5.69 Å². The van der Waals surface area contributed by atoms with Crippen LogP contribution in [0.15, 0.2) is 67.0 Å². The van der Waals surface area contributed by atoms with Crippen LogP contribution in [-0.2, 0) is 26.1 Å². The summed E-state index contributed by atoms with van der Waals surface area (Å²) in [6, 6.07) is 19.1. The molecule has 1 aliphatic carbocycles. The molecule has 1 aromatic carbocycles. The molecular weight excluding hydrogens is 344 g/mol. The lowest BCUT2D eigenvalue weighted by molar-refractivity contribution is 0.227. The summed E-state index contributed by atoms with van der Waals surface area (Å²) in [6.45, 7) is 3.33. The van der Waals surface area contributed by atoms with Crippen LogP contribution < -0.4 is 5.73 Å². The van der Waals surface area contributed by atoms with Crippen molar-refractivity contribution in [2.75, 3.05) is 6.54 Å². The number of rotatable bonds is 7. The Bertz CT molecular complexity index is 877. The minimum absolute atomic E-state index is 0.483. The van der Waals surface area contributed by atoms with E-state index in [1.807, 2.05) is 18.5 Å². The van der Waals surface area contributed by atoms with E-state index in [1.165, 1.54) is 35.2 Å². The number of nitrogens with two attached hydrogens (primary N) is 1. The van der Waals surface area contributed by atoms with Gasteiger partial charge in [-0.05, 0) is 54.2 Å². The Balaban J connectivity index is 1.54. The third kappa shape index (κ3) is 4.64. The molecule has 0 bridgehead atoms. The number of benzene rings is 1. The molecule has 0 radical (unpaired) electrons. The summed E-state index contributed by atoms with van der Waals surface area (Å²) in [4.78, 5) is 11.8. The van der Waals surface area contributed by atoms with E-state index in [-0.39, 0.29) is 0 Å².